The fourth-order valence-corrected chi connectivity index (χ4v) is 3.23. The third-order valence-corrected chi connectivity index (χ3v) is 4.66. The molecule has 1 saturated heterocycles. The van der Waals surface area contributed by atoms with Gasteiger partial charge < -0.3 is 20.4 Å². The molecule has 1 heterocycles. The molecule has 2 rings (SSSR count). The van der Waals surface area contributed by atoms with E-state index in [1.807, 2.05) is 11.8 Å². The minimum absolute atomic E-state index is 0.228. The number of nitrogens with one attached hydrogen (secondary N) is 2. The topological polar surface area (TPSA) is 60.0 Å². The van der Waals surface area contributed by atoms with Crippen molar-refractivity contribution in [2.45, 2.75) is 46.2 Å². The molecular weight excluding hydrogens is 326 g/mol. The second-order valence-electron chi connectivity index (χ2n) is 7.05. The normalized spacial score (nSPS) is 17.3. The van der Waals surface area contributed by atoms with Gasteiger partial charge in [-0.2, -0.15) is 0 Å². The number of benzene rings is 1. The molecule has 0 spiro atoms. The Labute approximate surface area is 157 Å². The van der Waals surface area contributed by atoms with Crippen molar-refractivity contribution in [2.24, 2.45) is 4.99 Å². The first-order valence-electron chi connectivity index (χ1n) is 9.54. The Morgan fingerprint density at radius 3 is 2.77 bits per heavy atom. The summed E-state index contributed by atoms with van der Waals surface area (Å²) in [5, 5.41) is 6.81. The summed E-state index contributed by atoms with van der Waals surface area (Å²) in [6.07, 6.45) is 1.53. The molecule has 0 aromatic heterocycles. The third-order valence-electron chi connectivity index (χ3n) is 4.66. The van der Waals surface area contributed by atoms with Crippen LogP contribution in [0.25, 0.3) is 0 Å². The fraction of sp³-hybridized carbons (Fsp3) is 0.600. The highest BCUT2D eigenvalue weighted by molar-refractivity contribution is 5.81. The molecule has 144 valence electrons. The van der Waals surface area contributed by atoms with Gasteiger partial charge in [0.1, 0.15) is 0 Å². The van der Waals surface area contributed by atoms with Crippen molar-refractivity contribution in [1.29, 1.82) is 0 Å². The number of hydrogen-bond acceptors (Lipinski definition) is 3. The lowest BCUT2D eigenvalue weighted by Gasteiger charge is -2.20. The van der Waals surface area contributed by atoms with Gasteiger partial charge in [0.15, 0.2) is 5.96 Å². The molecular formula is C20H33N5O. The van der Waals surface area contributed by atoms with Crippen LogP contribution in [0, 0.1) is 6.92 Å². The van der Waals surface area contributed by atoms with Crippen LogP contribution < -0.4 is 15.5 Å². The van der Waals surface area contributed by atoms with Crippen LogP contribution in [0.5, 0.6) is 0 Å². The first-order valence-corrected chi connectivity index (χ1v) is 9.54. The van der Waals surface area contributed by atoms with Crippen molar-refractivity contribution in [3.8, 4) is 0 Å². The van der Waals surface area contributed by atoms with Gasteiger partial charge in [-0.1, -0.05) is 19.1 Å². The van der Waals surface area contributed by atoms with Gasteiger partial charge in [0.25, 0.3) is 0 Å². The molecule has 0 radical (unpaired) electrons. The molecule has 1 amide bonds. The molecule has 0 aliphatic carbocycles. The number of amides is 1. The highest BCUT2D eigenvalue weighted by Gasteiger charge is 2.25. The molecule has 1 aromatic rings. The average Bonchev–Trinajstić information content (AvgIpc) is 3.08. The monoisotopic (exact) mass is 359 g/mol. The van der Waals surface area contributed by atoms with Crippen LogP contribution >= 0.6 is 0 Å². The maximum absolute atomic E-state index is 11.9. The van der Waals surface area contributed by atoms with Gasteiger partial charge >= 0.3 is 0 Å². The second-order valence-corrected chi connectivity index (χ2v) is 7.05. The summed E-state index contributed by atoms with van der Waals surface area (Å²) in [5.41, 5.74) is 3.65. The van der Waals surface area contributed by atoms with Crippen LogP contribution in [0.4, 0.5) is 5.69 Å². The lowest BCUT2D eigenvalue weighted by atomic mass is 10.1. The summed E-state index contributed by atoms with van der Waals surface area (Å²) in [4.78, 5) is 20.7. The number of aliphatic imine (C=N–C) groups is 1. The lowest BCUT2D eigenvalue weighted by molar-refractivity contribution is -0.129. The number of guanidine groups is 1. The van der Waals surface area contributed by atoms with Crippen molar-refractivity contribution < 1.29 is 4.79 Å². The quantitative estimate of drug-likeness (QED) is 0.603. The zero-order chi connectivity index (χ0) is 19.1. The molecule has 6 heteroatoms. The Bertz CT molecular complexity index is 641. The Hall–Kier alpha value is -2.24. The molecule has 1 aliphatic rings. The molecule has 1 fully saturated rings. The maximum atomic E-state index is 11.9. The summed E-state index contributed by atoms with van der Waals surface area (Å²) in [6, 6.07) is 6.73. The SMILES string of the molecule is CCNC(=NCc1ccc(C)cc1N(C)C)NC1CCN(C(=O)CC)C1. The van der Waals surface area contributed by atoms with E-state index in [0.717, 1.165) is 32.0 Å². The summed E-state index contributed by atoms with van der Waals surface area (Å²) >= 11 is 0. The number of rotatable bonds is 6. The standard InChI is InChI=1S/C20H33N5O/c1-6-19(26)25-11-10-17(14-25)23-20(21-7-2)22-13-16-9-8-15(3)12-18(16)24(4)5/h8-9,12,17H,6-7,10-11,13-14H2,1-5H3,(H2,21,22,23). The first-order chi connectivity index (χ1) is 12.4. The van der Waals surface area contributed by atoms with Gasteiger partial charge in [0.2, 0.25) is 5.91 Å². The van der Waals surface area contributed by atoms with Crippen molar-refractivity contribution >= 4 is 17.6 Å². The number of nitrogens with zero attached hydrogens (tertiary/aromatic N) is 3. The third kappa shape index (κ3) is 5.38. The number of carbonyl (C=O) groups is 1. The smallest absolute Gasteiger partial charge is 0.222 e. The molecule has 0 bridgehead atoms. The number of likely N-dealkylation sites (tertiary alicyclic amines) is 1. The van der Waals surface area contributed by atoms with E-state index in [0.29, 0.717) is 13.0 Å². The Morgan fingerprint density at radius 1 is 1.35 bits per heavy atom. The number of hydrogen-bond donors (Lipinski definition) is 2. The van der Waals surface area contributed by atoms with Crippen LogP contribution in [-0.4, -0.2) is 56.5 Å². The number of carbonyl (C=O) groups excluding carboxylic acids is 1. The van der Waals surface area contributed by atoms with E-state index < -0.39 is 0 Å². The largest absolute Gasteiger partial charge is 0.377 e. The second kappa shape index (κ2) is 9.46. The van der Waals surface area contributed by atoms with Crippen LogP contribution in [0.3, 0.4) is 0 Å². The van der Waals surface area contributed by atoms with Crippen LogP contribution in [0.1, 0.15) is 37.8 Å². The Kier molecular flexibility index (Phi) is 7.30. The molecule has 1 aliphatic heterocycles. The van der Waals surface area contributed by atoms with Crippen molar-refractivity contribution in [2.75, 3.05) is 38.6 Å². The summed E-state index contributed by atoms with van der Waals surface area (Å²) < 4.78 is 0. The van der Waals surface area contributed by atoms with Crippen LogP contribution in [0.15, 0.2) is 23.2 Å². The molecule has 1 aromatic carbocycles. The van der Waals surface area contributed by atoms with E-state index in [1.165, 1.54) is 16.8 Å². The van der Waals surface area contributed by atoms with Gasteiger partial charge in [-0.05, 0) is 37.5 Å². The van der Waals surface area contributed by atoms with E-state index in [9.17, 15) is 4.79 Å². The van der Waals surface area contributed by atoms with Gasteiger partial charge in [-0.25, -0.2) is 4.99 Å². The fourth-order valence-electron chi connectivity index (χ4n) is 3.23. The van der Waals surface area contributed by atoms with Crippen LogP contribution in [0.2, 0.25) is 0 Å². The minimum Gasteiger partial charge on any atom is -0.377 e. The van der Waals surface area contributed by atoms with Crippen molar-refractivity contribution in [1.82, 2.24) is 15.5 Å². The highest BCUT2D eigenvalue weighted by Crippen LogP contribution is 2.21. The Morgan fingerprint density at radius 2 is 2.12 bits per heavy atom. The molecule has 2 N–H and O–H groups in total. The van der Waals surface area contributed by atoms with Crippen LogP contribution in [-0.2, 0) is 11.3 Å². The highest BCUT2D eigenvalue weighted by atomic mass is 16.2. The van der Waals surface area contributed by atoms with Gasteiger partial charge in [-0.3, -0.25) is 4.79 Å². The molecule has 1 atom stereocenters. The van der Waals surface area contributed by atoms with Gasteiger partial charge in [0.05, 0.1) is 6.54 Å². The van der Waals surface area contributed by atoms with Crippen molar-refractivity contribution in [3.05, 3.63) is 29.3 Å². The minimum atomic E-state index is 0.228. The number of anilines is 1. The predicted octanol–water partition coefficient (Wildman–Crippen LogP) is 2.13. The molecule has 26 heavy (non-hydrogen) atoms. The molecule has 1 unspecified atom stereocenters. The zero-order valence-electron chi connectivity index (χ0n) is 16.8. The van der Waals surface area contributed by atoms with E-state index in [1.54, 1.807) is 0 Å². The molecule has 6 nitrogen and oxygen atoms in total. The predicted molar refractivity (Wildman–Crippen MR) is 109 cm³/mol. The van der Waals surface area contributed by atoms with E-state index >= 15 is 0 Å². The number of aryl methyl sites for hydroxylation is 1. The first kappa shape index (κ1) is 20.1. The zero-order valence-corrected chi connectivity index (χ0v) is 16.8. The summed E-state index contributed by atoms with van der Waals surface area (Å²) in [6.45, 7) is 9.10. The summed E-state index contributed by atoms with van der Waals surface area (Å²) in [7, 11) is 4.12. The van der Waals surface area contributed by atoms with Gasteiger partial charge in [-0.15, -0.1) is 0 Å². The maximum Gasteiger partial charge on any atom is 0.222 e. The lowest BCUT2D eigenvalue weighted by Crippen LogP contribution is -2.45. The van der Waals surface area contributed by atoms with Crippen molar-refractivity contribution in [3.63, 3.8) is 0 Å². The molecule has 0 saturated carbocycles. The Balaban J connectivity index is 2.05. The van der Waals surface area contributed by atoms with E-state index in [4.69, 9.17) is 4.99 Å². The van der Waals surface area contributed by atoms with Gasteiger partial charge in [0, 0.05) is 51.9 Å². The average molecular weight is 360 g/mol. The van der Waals surface area contributed by atoms with E-state index in [-0.39, 0.29) is 11.9 Å². The van der Waals surface area contributed by atoms with E-state index in [2.05, 4.69) is 61.7 Å². The summed E-state index contributed by atoms with van der Waals surface area (Å²) in [5.74, 6) is 1.04.